The summed E-state index contributed by atoms with van der Waals surface area (Å²) >= 11 is 0. The molecule has 0 amide bonds. The van der Waals surface area contributed by atoms with Crippen LogP contribution in [-0.4, -0.2) is 33.4 Å². The van der Waals surface area contributed by atoms with E-state index in [1.54, 1.807) is 37.0 Å². The normalized spacial score (nSPS) is 13.1. The second-order valence-electron chi connectivity index (χ2n) is 9.93. The summed E-state index contributed by atoms with van der Waals surface area (Å²) in [5, 5.41) is 1.42. The Balaban J connectivity index is 1.62. The van der Waals surface area contributed by atoms with Crippen LogP contribution >= 0.6 is 0 Å². The fourth-order valence-electron chi connectivity index (χ4n) is 4.53. The molecule has 0 saturated heterocycles. The van der Waals surface area contributed by atoms with Crippen LogP contribution in [0.1, 0.15) is 25.0 Å². The zero-order chi connectivity index (χ0) is 27.1. The minimum atomic E-state index is -3.37. The van der Waals surface area contributed by atoms with Crippen LogP contribution in [0.15, 0.2) is 96.5 Å². The number of aromatic nitrogens is 3. The summed E-state index contributed by atoms with van der Waals surface area (Å²) in [6.07, 6.45) is 6.46. The van der Waals surface area contributed by atoms with Gasteiger partial charge in [0, 0.05) is 42.8 Å². The second-order valence-corrected chi connectivity index (χ2v) is 13.8. The lowest BCUT2D eigenvalue weighted by Crippen LogP contribution is -2.28. The van der Waals surface area contributed by atoms with E-state index < -0.39 is 25.4 Å². The molecule has 0 aliphatic carbocycles. The van der Waals surface area contributed by atoms with Crippen molar-refractivity contribution >= 4 is 31.5 Å². The Morgan fingerprint density at radius 1 is 0.868 bits per heavy atom. The van der Waals surface area contributed by atoms with Crippen molar-refractivity contribution in [3.05, 3.63) is 103 Å². The molecule has 194 valence electrons. The molecule has 2 aromatic heterocycles. The van der Waals surface area contributed by atoms with Crippen LogP contribution in [-0.2, 0) is 38.2 Å². The molecule has 8 heteroatoms. The topological polar surface area (TPSA) is 81.9 Å². The highest BCUT2D eigenvalue weighted by atomic mass is 32.2. The third kappa shape index (κ3) is 4.81. The Labute approximate surface area is 225 Å². The number of hydrogen-bond acceptors (Lipinski definition) is 5. The molecule has 0 spiro atoms. The Morgan fingerprint density at radius 2 is 1.61 bits per heavy atom. The maximum atomic E-state index is 13.1. The summed E-state index contributed by atoms with van der Waals surface area (Å²) in [4.78, 5) is 8.90. The summed E-state index contributed by atoms with van der Waals surface area (Å²) in [6, 6.07) is 23.7. The summed E-state index contributed by atoms with van der Waals surface area (Å²) in [6.45, 7) is 3.47. The van der Waals surface area contributed by atoms with Gasteiger partial charge in [0.2, 0.25) is 0 Å². The van der Waals surface area contributed by atoms with Crippen molar-refractivity contribution < 1.29 is 12.6 Å². The van der Waals surface area contributed by atoms with Gasteiger partial charge in [-0.05, 0) is 65.9 Å². The highest BCUT2D eigenvalue weighted by molar-refractivity contribution is 7.91. The minimum Gasteiger partial charge on any atom is -0.327 e. The average molecular weight is 544 g/mol. The summed E-state index contributed by atoms with van der Waals surface area (Å²) in [5.41, 5.74) is 6.24. The van der Waals surface area contributed by atoms with Crippen molar-refractivity contribution in [1.29, 1.82) is 0 Å². The van der Waals surface area contributed by atoms with Gasteiger partial charge < -0.3 is 4.57 Å². The van der Waals surface area contributed by atoms with E-state index in [0.717, 1.165) is 38.7 Å². The molecule has 6 nitrogen and oxygen atoms in total. The van der Waals surface area contributed by atoms with E-state index in [9.17, 15) is 12.6 Å². The summed E-state index contributed by atoms with van der Waals surface area (Å²) < 4.78 is 39.1. The van der Waals surface area contributed by atoms with E-state index in [-0.39, 0.29) is 0 Å². The van der Waals surface area contributed by atoms with Gasteiger partial charge in [-0.15, -0.1) is 0 Å². The number of pyridine rings is 1. The Hall–Kier alpha value is -3.62. The van der Waals surface area contributed by atoms with Crippen molar-refractivity contribution in [2.45, 2.75) is 29.5 Å². The van der Waals surface area contributed by atoms with Crippen molar-refractivity contribution in [3.8, 4) is 22.3 Å². The second kappa shape index (κ2) is 9.93. The molecule has 1 atom stereocenters. The molecule has 0 aliphatic rings. The van der Waals surface area contributed by atoms with Crippen LogP contribution in [0.5, 0.6) is 0 Å². The zero-order valence-corrected chi connectivity index (χ0v) is 23.4. The van der Waals surface area contributed by atoms with E-state index in [4.69, 9.17) is 0 Å². The van der Waals surface area contributed by atoms with Crippen LogP contribution < -0.4 is 0 Å². The fourth-order valence-corrected chi connectivity index (χ4v) is 6.30. The van der Waals surface area contributed by atoms with Gasteiger partial charge in [-0.3, -0.25) is 9.19 Å². The van der Waals surface area contributed by atoms with E-state index >= 15 is 0 Å². The van der Waals surface area contributed by atoms with Crippen LogP contribution in [0.3, 0.4) is 0 Å². The van der Waals surface area contributed by atoms with Gasteiger partial charge in [0.1, 0.15) is 0 Å². The number of rotatable bonds is 7. The van der Waals surface area contributed by atoms with E-state index in [1.165, 1.54) is 6.26 Å². The van der Waals surface area contributed by atoms with E-state index in [1.807, 2.05) is 73.8 Å². The molecular formula is C30H29N3O3S2. The van der Waals surface area contributed by atoms with Crippen LogP contribution in [0, 0.1) is 0 Å². The Morgan fingerprint density at radius 3 is 2.32 bits per heavy atom. The number of imidazole rings is 1. The van der Waals surface area contributed by atoms with Gasteiger partial charge in [-0.2, -0.15) is 0 Å². The third-order valence-corrected chi connectivity index (χ3v) is 10.6. The standard InChI is InChI=1S/C30H29N3O3S2/c1-30(2,38(4,35)36)25-18-23-12-8-14-31-28(23)27(19-25)22-11-7-10-21(17-22)26-13-6-5-9-24(26)20-37(34)29-32-15-16-33(29)3/h5-19H,20H2,1-4H3. The number of fused-ring (bicyclic) bond motifs is 1. The highest BCUT2D eigenvalue weighted by Gasteiger charge is 2.33. The van der Waals surface area contributed by atoms with Crippen LogP contribution in [0.25, 0.3) is 33.2 Å². The molecule has 1 unspecified atom stereocenters. The maximum Gasteiger partial charge on any atom is 0.199 e. The first-order chi connectivity index (χ1) is 18.1. The average Bonchev–Trinajstić information content (AvgIpc) is 3.33. The molecule has 5 rings (SSSR count). The van der Waals surface area contributed by atoms with Gasteiger partial charge >= 0.3 is 0 Å². The molecule has 0 bridgehead atoms. The molecule has 38 heavy (non-hydrogen) atoms. The molecule has 0 saturated carbocycles. The molecule has 0 fully saturated rings. The molecule has 0 aliphatic heterocycles. The molecule has 0 N–H and O–H groups in total. The minimum absolute atomic E-state index is 0.341. The summed E-state index contributed by atoms with van der Waals surface area (Å²) in [5.74, 6) is 0.341. The molecule has 0 radical (unpaired) electrons. The molecule has 3 aromatic carbocycles. The smallest absolute Gasteiger partial charge is 0.199 e. The predicted octanol–water partition coefficient (Wildman–Crippen LogP) is 5.89. The van der Waals surface area contributed by atoms with Crippen molar-refractivity contribution in [1.82, 2.24) is 14.5 Å². The first kappa shape index (κ1) is 26.0. The quantitative estimate of drug-likeness (QED) is 0.256. The highest BCUT2D eigenvalue weighted by Crippen LogP contribution is 2.37. The lowest BCUT2D eigenvalue weighted by molar-refractivity contribution is 0.561. The maximum absolute atomic E-state index is 13.1. The van der Waals surface area contributed by atoms with Gasteiger partial charge in [-0.1, -0.05) is 48.5 Å². The zero-order valence-electron chi connectivity index (χ0n) is 21.8. The lowest BCUT2D eigenvalue weighted by Gasteiger charge is -2.24. The van der Waals surface area contributed by atoms with Gasteiger partial charge in [0.05, 0.1) is 26.8 Å². The van der Waals surface area contributed by atoms with Gasteiger partial charge in [0.15, 0.2) is 15.0 Å². The fraction of sp³-hybridized carbons (Fsp3) is 0.200. The molecule has 5 aromatic rings. The van der Waals surface area contributed by atoms with Crippen molar-refractivity contribution in [2.75, 3.05) is 6.26 Å². The number of aryl methyl sites for hydroxylation is 1. The van der Waals surface area contributed by atoms with Crippen molar-refractivity contribution in [2.24, 2.45) is 7.05 Å². The first-order valence-corrected chi connectivity index (χ1v) is 15.4. The van der Waals surface area contributed by atoms with Crippen LogP contribution in [0.4, 0.5) is 0 Å². The molecule has 2 heterocycles. The lowest BCUT2D eigenvalue weighted by atomic mass is 9.91. The van der Waals surface area contributed by atoms with Crippen LogP contribution in [0.2, 0.25) is 0 Å². The Bertz CT molecular complexity index is 1790. The van der Waals surface area contributed by atoms with Gasteiger partial charge in [-0.25, -0.2) is 13.4 Å². The van der Waals surface area contributed by atoms with Gasteiger partial charge in [0.25, 0.3) is 0 Å². The number of hydrogen-bond donors (Lipinski definition) is 0. The van der Waals surface area contributed by atoms with Crippen molar-refractivity contribution in [3.63, 3.8) is 0 Å². The number of benzene rings is 3. The van der Waals surface area contributed by atoms with E-state index in [0.29, 0.717) is 16.5 Å². The SMILES string of the molecule is Cn1ccnc1S(=O)Cc1ccccc1-c1cccc(-c2cc(C(C)(C)S(C)(=O)=O)cc3cccnc23)c1. The Kier molecular flexibility index (Phi) is 6.79. The molecular weight excluding hydrogens is 514 g/mol. The monoisotopic (exact) mass is 543 g/mol. The van der Waals surface area contributed by atoms with E-state index in [2.05, 4.69) is 16.0 Å². The first-order valence-electron chi connectivity index (χ1n) is 12.2. The summed E-state index contributed by atoms with van der Waals surface area (Å²) in [7, 11) is -2.82. The third-order valence-electron chi connectivity index (χ3n) is 7.10. The number of sulfone groups is 1. The number of nitrogens with zero attached hydrogens (tertiary/aromatic N) is 3. The largest absolute Gasteiger partial charge is 0.327 e. The predicted molar refractivity (Wildman–Crippen MR) is 154 cm³/mol.